The van der Waals surface area contributed by atoms with E-state index in [1.165, 1.54) is 10.8 Å². The molecular formula is C19H20OSi. The van der Waals surface area contributed by atoms with Crippen LogP contribution >= 0.6 is 0 Å². The molecule has 1 aliphatic rings. The molecule has 2 aromatic rings. The molecule has 0 radical (unpaired) electrons. The first-order valence-electron chi connectivity index (χ1n) is 7.44. The summed E-state index contributed by atoms with van der Waals surface area (Å²) in [6.45, 7) is 4.87. The van der Waals surface area contributed by atoms with E-state index in [2.05, 4.69) is 67.7 Å². The van der Waals surface area contributed by atoms with Gasteiger partial charge in [0.15, 0.2) is 0 Å². The summed E-state index contributed by atoms with van der Waals surface area (Å²) in [4.78, 5) is 11.3. The number of allylic oxidation sites excluding steroid dienone is 2. The zero-order chi connectivity index (χ0) is 14.9. The Morgan fingerprint density at radius 3 is 2.38 bits per heavy atom. The molecule has 0 N–H and O–H groups in total. The normalized spacial score (nSPS) is 17.8. The number of benzene rings is 2. The van der Waals surface area contributed by atoms with E-state index in [-0.39, 0.29) is 0 Å². The molecule has 1 atom stereocenters. The van der Waals surface area contributed by atoms with Crippen LogP contribution in [0.15, 0.2) is 60.7 Å². The fraction of sp³-hybridized carbons (Fsp3) is 0.211. The molecule has 0 heterocycles. The Labute approximate surface area is 127 Å². The van der Waals surface area contributed by atoms with Gasteiger partial charge in [0.05, 0.1) is 8.07 Å². The minimum absolute atomic E-state index is 0.528. The Morgan fingerprint density at radius 1 is 1.00 bits per heavy atom. The lowest BCUT2D eigenvalue weighted by Gasteiger charge is -2.36. The predicted molar refractivity (Wildman–Crippen MR) is 91.4 cm³/mol. The highest BCUT2D eigenvalue weighted by molar-refractivity contribution is 6.91. The van der Waals surface area contributed by atoms with E-state index in [9.17, 15) is 4.79 Å². The molecule has 1 aliphatic carbocycles. The third-order valence-corrected chi connectivity index (χ3v) is 8.85. The Hall–Kier alpha value is -1.93. The maximum atomic E-state index is 11.3. The number of aldehydes is 1. The van der Waals surface area contributed by atoms with Crippen molar-refractivity contribution in [3.63, 3.8) is 0 Å². The summed E-state index contributed by atoms with van der Waals surface area (Å²) in [7, 11) is -1.63. The summed E-state index contributed by atoms with van der Waals surface area (Å²) < 4.78 is 0. The summed E-state index contributed by atoms with van der Waals surface area (Å²) in [5, 5.41) is 1.48. The Balaban J connectivity index is 2.09. The summed E-state index contributed by atoms with van der Waals surface area (Å²) in [6.07, 6.45) is 4.09. The topological polar surface area (TPSA) is 17.1 Å². The van der Waals surface area contributed by atoms with Crippen LogP contribution < -0.4 is 5.19 Å². The second kappa shape index (κ2) is 5.45. The van der Waals surface area contributed by atoms with Crippen LogP contribution in [-0.2, 0) is 4.79 Å². The van der Waals surface area contributed by atoms with E-state index in [1.807, 2.05) is 6.07 Å². The molecule has 0 spiro atoms. The molecule has 0 bridgehead atoms. The smallest absolute Gasteiger partial charge is 0.150 e. The van der Waals surface area contributed by atoms with Gasteiger partial charge in [-0.1, -0.05) is 79.0 Å². The first-order valence-corrected chi connectivity index (χ1v) is 10.5. The molecule has 0 fully saturated rings. The summed E-state index contributed by atoms with van der Waals surface area (Å²) in [5.41, 5.74) is 3.85. The van der Waals surface area contributed by atoms with Gasteiger partial charge in [-0.2, -0.15) is 0 Å². The van der Waals surface area contributed by atoms with Gasteiger partial charge in [0.25, 0.3) is 0 Å². The van der Waals surface area contributed by atoms with Crippen LogP contribution in [0.25, 0.3) is 5.57 Å². The van der Waals surface area contributed by atoms with E-state index in [1.54, 1.807) is 0 Å². The fourth-order valence-corrected chi connectivity index (χ4v) is 6.60. The zero-order valence-electron chi connectivity index (χ0n) is 12.5. The van der Waals surface area contributed by atoms with Crippen molar-refractivity contribution < 1.29 is 4.79 Å². The molecule has 0 saturated carbocycles. The molecule has 21 heavy (non-hydrogen) atoms. The third-order valence-electron chi connectivity index (χ3n) is 4.74. The van der Waals surface area contributed by atoms with E-state index in [0.717, 1.165) is 23.8 Å². The van der Waals surface area contributed by atoms with Crippen molar-refractivity contribution >= 4 is 25.1 Å². The van der Waals surface area contributed by atoms with Gasteiger partial charge >= 0.3 is 0 Å². The number of carbonyl (C=O) groups excluding carboxylic acids is 1. The second-order valence-corrected chi connectivity index (χ2v) is 11.0. The third kappa shape index (κ3) is 2.40. The minimum Gasteiger partial charge on any atom is -0.298 e. The first-order chi connectivity index (χ1) is 10.1. The highest BCUT2D eigenvalue weighted by atomic mass is 28.3. The average molecular weight is 292 g/mol. The highest BCUT2D eigenvalue weighted by Crippen LogP contribution is 2.39. The lowest BCUT2D eigenvalue weighted by Crippen LogP contribution is -2.48. The van der Waals surface area contributed by atoms with Gasteiger partial charge in [-0.25, -0.2) is 0 Å². The van der Waals surface area contributed by atoms with Crippen molar-refractivity contribution in [3.05, 3.63) is 71.8 Å². The molecule has 3 rings (SSSR count). The van der Waals surface area contributed by atoms with Crippen molar-refractivity contribution in [3.8, 4) is 0 Å². The van der Waals surface area contributed by atoms with Gasteiger partial charge in [0, 0.05) is 5.57 Å². The van der Waals surface area contributed by atoms with Gasteiger partial charge in [-0.05, 0) is 23.1 Å². The van der Waals surface area contributed by atoms with E-state index >= 15 is 0 Å². The van der Waals surface area contributed by atoms with Gasteiger partial charge < -0.3 is 0 Å². The largest absolute Gasteiger partial charge is 0.298 e. The van der Waals surface area contributed by atoms with Crippen molar-refractivity contribution in [2.24, 2.45) is 0 Å². The molecular weight excluding hydrogens is 272 g/mol. The Bertz CT molecular complexity index is 686. The van der Waals surface area contributed by atoms with Gasteiger partial charge in [0.2, 0.25) is 0 Å². The van der Waals surface area contributed by atoms with E-state index < -0.39 is 8.07 Å². The second-order valence-electron chi connectivity index (χ2n) is 6.24. The lowest BCUT2D eigenvalue weighted by molar-refractivity contribution is -0.103. The Kier molecular flexibility index (Phi) is 3.64. The van der Waals surface area contributed by atoms with Gasteiger partial charge in [-0.15, -0.1) is 0 Å². The number of fused-ring (bicyclic) bond motifs is 1. The average Bonchev–Trinajstić information content (AvgIpc) is 2.54. The standard InChI is InChI=1S/C19H20OSi/c1-21(2,16-8-4-3-5-9-16)19-13-12-15(14-20)17-10-6-7-11-18(17)19/h3-12,14,19H,13H2,1-2H3. The van der Waals surface area contributed by atoms with Crippen LogP contribution in [-0.4, -0.2) is 14.4 Å². The molecule has 106 valence electrons. The van der Waals surface area contributed by atoms with Crippen molar-refractivity contribution in [1.29, 1.82) is 0 Å². The molecule has 0 saturated heterocycles. The Morgan fingerprint density at radius 2 is 1.67 bits per heavy atom. The van der Waals surface area contributed by atoms with Crippen molar-refractivity contribution in [2.75, 3.05) is 0 Å². The molecule has 1 nitrogen and oxygen atoms in total. The molecule has 0 amide bonds. The van der Waals surface area contributed by atoms with Gasteiger partial charge in [-0.3, -0.25) is 4.79 Å². The SMILES string of the molecule is C[Si](C)(c1ccccc1)C1CC=C(C=O)c2ccccc21. The van der Waals surface area contributed by atoms with Crippen molar-refractivity contribution in [2.45, 2.75) is 25.1 Å². The minimum atomic E-state index is -1.63. The highest BCUT2D eigenvalue weighted by Gasteiger charge is 2.37. The predicted octanol–water partition coefficient (Wildman–Crippen LogP) is 3.91. The van der Waals surface area contributed by atoms with Crippen molar-refractivity contribution in [1.82, 2.24) is 0 Å². The molecule has 1 unspecified atom stereocenters. The van der Waals surface area contributed by atoms with Crippen LogP contribution in [0.1, 0.15) is 23.1 Å². The van der Waals surface area contributed by atoms with Gasteiger partial charge in [0.1, 0.15) is 6.29 Å². The molecule has 2 aromatic carbocycles. The summed E-state index contributed by atoms with van der Waals surface area (Å²) in [6, 6.07) is 19.3. The van der Waals surface area contributed by atoms with Crippen LogP contribution in [0.2, 0.25) is 13.1 Å². The quantitative estimate of drug-likeness (QED) is 0.619. The molecule has 2 heteroatoms. The molecule has 0 aromatic heterocycles. The fourth-order valence-electron chi connectivity index (χ4n) is 3.41. The zero-order valence-corrected chi connectivity index (χ0v) is 13.5. The maximum Gasteiger partial charge on any atom is 0.150 e. The van der Waals surface area contributed by atoms with Crippen LogP contribution in [0.5, 0.6) is 0 Å². The number of carbonyl (C=O) groups is 1. The van der Waals surface area contributed by atoms with Crippen LogP contribution in [0.3, 0.4) is 0 Å². The monoisotopic (exact) mass is 292 g/mol. The summed E-state index contributed by atoms with van der Waals surface area (Å²) in [5.74, 6) is 0. The summed E-state index contributed by atoms with van der Waals surface area (Å²) >= 11 is 0. The number of hydrogen-bond acceptors (Lipinski definition) is 1. The maximum absolute atomic E-state index is 11.3. The van der Waals surface area contributed by atoms with Crippen LogP contribution in [0, 0.1) is 0 Å². The number of rotatable bonds is 3. The molecule has 0 aliphatic heterocycles. The lowest BCUT2D eigenvalue weighted by atomic mass is 9.91. The first kappa shape index (κ1) is 14.0. The van der Waals surface area contributed by atoms with Crippen LogP contribution in [0.4, 0.5) is 0 Å². The van der Waals surface area contributed by atoms with E-state index in [4.69, 9.17) is 0 Å². The van der Waals surface area contributed by atoms with E-state index in [0.29, 0.717) is 5.54 Å². The number of hydrogen-bond donors (Lipinski definition) is 0.